The number of aromatic nitrogens is 3. The monoisotopic (exact) mass is 422 g/mol. The first kappa shape index (κ1) is 19.7. The van der Waals surface area contributed by atoms with Crippen LogP contribution in [-0.4, -0.2) is 33.0 Å². The van der Waals surface area contributed by atoms with Gasteiger partial charge in [-0.1, -0.05) is 35.5 Å². The number of benzene rings is 1. The largest absolute Gasteiger partial charge is 0.494 e. The Balaban J connectivity index is 1.56. The van der Waals surface area contributed by atoms with E-state index in [0.717, 1.165) is 33.8 Å². The minimum absolute atomic E-state index is 0.252. The Bertz CT molecular complexity index is 883. The molecule has 0 saturated carbocycles. The highest BCUT2D eigenvalue weighted by atomic mass is 35.5. The average molecular weight is 423 g/mol. The molecule has 2 N–H and O–H groups in total. The van der Waals surface area contributed by atoms with Crippen LogP contribution < -0.4 is 10.5 Å². The number of hydrogen-bond donors (Lipinski definition) is 1. The lowest BCUT2D eigenvalue weighted by Crippen LogP contribution is -2.15. The van der Waals surface area contributed by atoms with Crippen LogP contribution in [0.2, 0.25) is 5.02 Å². The quantitative estimate of drug-likeness (QED) is 0.393. The molecule has 142 valence electrons. The van der Waals surface area contributed by atoms with E-state index < -0.39 is 0 Å². The summed E-state index contributed by atoms with van der Waals surface area (Å²) in [5, 5.41) is 12.0. The van der Waals surface area contributed by atoms with Gasteiger partial charge in [0.1, 0.15) is 5.75 Å². The van der Waals surface area contributed by atoms with E-state index in [2.05, 4.69) is 10.2 Å². The van der Waals surface area contributed by atoms with Crippen molar-refractivity contribution in [2.75, 3.05) is 12.4 Å². The molecule has 2 heterocycles. The standard InChI is InChI=1S/C18H19ClN4O2S2/c19-13-4-1-5-14(12-13)25-9-3-11-27-18-22-21-17(15-6-2-10-26-15)23(18)8-7-16(20)24/h1-2,4-6,10,12H,3,7-9,11H2,(H2,20,24). The first-order valence-corrected chi connectivity index (χ1v) is 10.6. The molecule has 0 saturated heterocycles. The molecule has 0 aliphatic carbocycles. The second-order valence-corrected chi connectivity index (χ2v) is 8.11. The van der Waals surface area contributed by atoms with Gasteiger partial charge in [-0.25, -0.2) is 0 Å². The van der Waals surface area contributed by atoms with Crippen LogP contribution in [0.1, 0.15) is 12.8 Å². The zero-order valence-corrected chi connectivity index (χ0v) is 16.9. The molecule has 0 unspecified atom stereocenters. The minimum Gasteiger partial charge on any atom is -0.494 e. The lowest BCUT2D eigenvalue weighted by molar-refractivity contribution is -0.118. The normalized spacial score (nSPS) is 10.9. The zero-order chi connectivity index (χ0) is 19.1. The van der Waals surface area contributed by atoms with Gasteiger partial charge in [-0.15, -0.1) is 21.5 Å². The van der Waals surface area contributed by atoms with Gasteiger partial charge in [0, 0.05) is 23.7 Å². The summed E-state index contributed by atoms with van der Waals surface area (Å²) in [4.78, 5) is 12.2. The molecule has 0 bridgehead atoms. The van der Waals surface area contributed by atoms with E-state index in [9.17, 15) is 4.79 Å². The highest BCUT2D eigenvalue weighted by Gasteiger charge is 2.15. The van der Waals surface area contributed by atoms with Crippen molar-refractivity contribution < 1.29 is 9.53 Å². The number of primary amides is 1. The third-order valence-corrected chi connectivity index (χ3v) is 5.78. The van der Waals surface area contributed by atoms with Gasteiger partial charge in [-0.05, 0) is 36.1 Å². The molecular formula is C18H19ClN4O2S2. The van der Waals surface area contributed by atoms with Crippen LogP contribution in [-0.2, 0) is 11.3 Å². The molecule has 0 spiro atoms. The summed E-state index contributed by atoms with van der Waals surface area (Å²) in [5.74, 6) is 2.01. The molecule has 9 heteroatoms. The van der Waals surface area contributed by atoms with Gasteiger partial charge in [0.2, 0.25) is 5.91 Å². The number of carbonyl (C=O) groups is 1. The van der Waals surface area contributed by atoms with E-state index in [1.807, 2.05) is 40.3 Å². The molecule has 0 fully saturated rings. The summed E-state index contributed by atoms with van der Waals surface area (Å²) in [6, 6.07) is 11.3. The predicted octanol–water partition coefficient (Wildman–Crippen LogP) is 4.10. The fourth-order valence-electron chi connectivity index (χ4n) is 2.38. The van der Waals surface area contributed by atoms with Gasteiger partial charge in [0.05, 0.1) is 11.5 Å². The maximum absolute atomic E-state index is 11.2. The summed E-state index contributed by atoms with van der Waals surface area (Å²) >= 11 is 9.12. The summed E-state index contributed by atoms with van der Waals surface area (Å²) in [6.07, 6.45) is 1.09. The third-order valence-electron chi connectivity index (χ3n) is 3.62. The van der Waals surface area contributed by atoms with Gasteiger partial charge < -0.3 is 15.0 Å². The zero-order valence-electron chi connectivity index (χ0n) is 14.5. The second-order valence-electron chi connectivity index (χ2n) is 5.66. The molecule has 1 amide bonds. The lowest BCUT2D eigenvalue weighted by Gasteiger charge is -2.09. The third kappa shape index (κ3) is 5.72. The van der Waals surface area contributed by atoms with Crippen LogP contribution in [0, 0.1) is 0 Å². The summed E-state index contributed by atoms with van der Waals surface area (Å²) in [5.41, 5.74) is 5.31. The van der Waals surface area contributed by atoms with Gasteiger partial charge >= 0.3 is 0 Å². The Hall–Kier alpha value is -2.03. The summed E-state index contributed by atoms with van der Waals surface area (Å²) in [6.45, 7) is 1.05. The fourth-order valence-corrected chi connectivity index (χ4v) is 4.15. The van der Waals surface area contributed by atoms with Crippen molar-refractivity contribution in [2.24, 2.45) is 5.73 Å². The molecule has 0 radical (unpaired) electrons. The Labute approximate surface area is 170 Å². The number of amides is 1. The molecular weight excluding hydrogens is 404 g/mol. The smallest absolute Gasteiger partial charge is 0.219 e. The van der Waals surface area contributed by atoms with Crippen molar-refractivity contribution in [3.63, 3.8) is 0 Å². The minimum atomic E-state index is -0.341. The van der Waals surface area contributed by atoms with Gasteiger partial charge in [0.15, 0.2) is 11.0 Å². The van der Waals surface area contributed by atoms with E-state index in [1.165, 1.54) is 0 Å². The Morgan fingerprint density at radius 3 is 2.93 bits per heavy atom. The number of nitrogens with two attached hydrogens (primary N) is 1. The number of hydrogen-bond acceptors (Lipinski definition) is 6. The van der Waals surface area contributed by atoms with E-state index >= 15 is 0 Å². The highest BCUT2D eigenvalue weighted by molar-refractivity contribution is 7.99. The molecule has 6 nitrogen and oxygen atoms in total. The topological polar surface area (TPSA) is 83.0 Å². The molecule has 3 rings (SSSR count). The Morgan fingerprint density at radius 2 is 2.19 bits per heavy atom. The number of carbonyl (C=O) groups excluding carboxylic acids is 1. The van der Waals surface area contributed by atoms with Crippen LogP contribution in [0.15, 0.2) is 46.9 Å². The molecule has 0 aliphatic heterocycles. The Morgan fingerprint density at radius 1 is 1.30 bits per heavy atom. The number of thioether (sulfide) groups is 1. The number of thiophene rings is 1. The highest BCUT2D eigenvalue weighted by Crippen LogP contribution is 2.28. The van der Waals surface area contributed by atoms with E-state index in [0.29, 0.717) is 18.2 Å². The van der Waals surface area contributed by atoms with Crippen LogP contribution in [0.5, 0.6) is 5.75 Å². The van der Waals surface area contributed by atoms with Crippen molar-refractivity contribution in [2.45, 2.75) is 24.5 Å². The number of rotatable bonds is 10. The predicted molar refractivity (Wildman–Crippen MR) is 109 cm³/mol. The van der Waals surface area contributed by atoms with Crippen molar-refractivity contribution in [1.29, 1.82) is 0 Å². The number of nitrogens with zero attached hydrogens (tertiary/aromatic N) is 3. The molecule has 2 aromatic heterocycles. The van der Waals surface area contributed by atoms with Crippen molar-refractivity contribution in [3.05, 3.63) is 46.8 Å². The molecule has 1 aromatic carbocycles. The lowest BCUT2D eigenvalue weighted by atomic mass is 10.3. The second kappa shape index (κ2) is 9.77. The maximum atomic E-state index is 11.2. The molecule has 0 aliphatic rings. The Kier molecular flexibility index (Phi) is 7.14. The fraction of sp³-hybridized carbons (Fsp3) is 0.278. The van der Waals surface area contributed by atoms with Crippen molar-refractivity contribution >= 4 is 40.6 Å². The average Bonchev–Trinajstić information content (AvgIpc) is 3.29. The van der Waals surface area contributed by atoms with Gasteiger partial charge in [-0.2, -0.15) is 0 Å². The van der Waals surface area contributed by atoms with Crippen LogP contribution >= 0.6 is 34.7 Å². The maximum Gasteiger partial charge on any atom is 0.219 e. The van der Waals surface area contributed by atoms with Gasteiger partial charge in [-0.3, -0.25) is 4.79 Å². The molecule has 3 aromatic rings. The summed E-state index contributed by atoms with van der Waals surface area (Å²) < 4.78 is 7.66. The van der Waals surface area contributed by atoms with Crippen LogP contribution in [0.3, 0.4) is 0 Å². The first-order chi connectivity index (χ1) is 13.1. The van der Waals surface area contributed by atoms with E-state index in [-0.39, 0.29) is 12.3 Å². The summed E-state index contributed by atoms with van der Waals surface area (Å²) in [7, 11) is 0. The van der Waals surface area contributed by atoms with Crippen LogP contribution in [0.25, 0.3) is 10.7 Å². The van der Waals surface area contributed by atoms with Gasteiger partial charge in [0.25, 0.3) is 0 Å². The first-order valence-electron chi connectivity index (χ1n) is 8.40. The van der Waals surface area contributed by atoms with Crippen molar-refractivity contribution in [1.82, 2.24) is 14.8 Å². The molecule has 0 atom stereocenters. The SMILES string of the molecule is NC(=O)CCn1c(SCCCOc2cccc(Cl)c2)nnc1-c1cccs1. The van der Waals surface area contributed by atoms with Crippen molar-refractivity contribution in [3.8, 4) is 16.5 Å². The van der Waals surface area contributed by atoms with E-state index in [1.54, 1.807) is 29.2 Å². The van der Waals surface area contributed by atoms with E-state index in [4.69, 9.17) is 22.1 Å². The number of ether oxygens (including phenoxy) is 1. The molecule has 27 heavy (non-hydrogen) atoms. The van der Waals surface area contributed by atoms with Crippen LogP contribution in [0.4, 0.5) is 0 Å². The number of halogens is 1.